The monoisotopic (exact) mass is 323 g/mol. The molecule has 0 radical (unpaired) electrons. The van der Waals surface area contributed by atoms with Crippen LogP contribution < -0.4 is 5.32 Å². The largest absolute Gasteiger partial charge is 0.325 e. The van der Waals surface area contributed by atoms with Gasteiger partial charge in [0.05, 0.1) is 6.20 Å². The molecule has 1 aromatic carbocycles. The van der Waals surface area contributed by atoms with Gasteiger partial charge in [0.25, 0.3) is 0 Å². The normalized spacial score (nSPS) is 10.5. The lowest BCUT2D eigenvalue weighted by molar-refractivity contribution is 1.09. The van der Waals surface area contributed by atoms with E-state index in [0.29, 0.717) is 5.82 Å². The molecule has 0 aliphatic rings. The molecular weight excluding hydrogens is 306 g/mol. The number of hydrogen-bond donors (Lipinski definition) is 3. The first-order chi connectivity index (χ1) is 11.2. The molecule has 0 aliphatic heterocycles. The Bertz CT molecular complexity index is 810. The first kappa shape index (κ1) is 15.3. The van der Waals surface area contributed by atoms with Gasteiger partial charge in [-0.1, -0.05) is 12.1 Å². The number of aromatic amines is 1. The molecule has 3 rings (SSSR count). The zero-order chi connectivity index (χ0) is 16.2. The number of hydrogen-bond acceptors (Lipinski definition) is 5. The van der Waals surface area contributed by atoms with E-state index in [-0.39, 0.29) is 0 Å². The number of nitrogens with one attached hydrogen (secondary N) is 3. The summed E-state index contributed by atoms with van der Waals surface area (Å²) in [5.74, 6) is 1.39. The molecular formula is C17H17N5S. The van der Waals surface area contributed by atoms with Crippen molar-refractivity contribution in [2.45, 2.75) is 11.8 Å². The van der Waals surface area contributed by atoms with Crippen molar-refractivity contribution < 1.29 is 0 Å². The summed E-state index contributed by atoms with van der Waals surface area (Å²) in [4.78, 5) is 5.74. The van der Waals surface area contributed by atoms with Crippen LogP contribution >= 0.6 is 11.8 Å². The Kier molecular flexibility index (Phi) is 4.43. The molecule has 0 unspecified atom stereocenters. The number of anilines is 2. The quantitative estimate of drug-likeness (QED) is 0.485. The maximum atomic E-state index is 7.82. The van der Waals surface area contributed by atoms with Gasteiger partial charge in [-0.05, 0) is 42.5 Å². The summed E-state index contributed by atoms with van der Waals surface area (Å²) in [5, 5.41) is 17.8. The van der Waals surface area contributed by atoms with Gasteiger partial charge in [-0.15, -0.1) is 11.8 Å². The molecule has 0 amide bonds. The number of nitrogens with zero attached hydrogens (tertiary/aromatic N) is 2. The van der Waals surface area contributed by atoms with Gasteiger partial charge in [-0.3, -0.25) is 5.10 Å². The van der Waals surface area contributed by atoms with Crippen LogP contribution in [0, 0.1) is 12.3 Å². The van der Waals surface area contributed by atoms with Crippen LogP contribution in [0.3, 0.4) is 0 Å². The fourth-order valence-electron chi connectivity index (χ4n) is 2.39. The third kappa shape index (κ3) is 3.27. The van der Waals surface area contributed by atoms with E-state index in [4.69, 9.17) is 5.41 Å². The van der Waals surface area contributed by atoms with Crippen LogP contribution in [0.15, 0.2) is 47.5 Å². The van der Waals surface area contributed by atoms with Gasteiger partial charge >= 0.3 is 0 Å². The van der Waals surface area contributed by atoms with Gasteiger partial charge in [-0.25, -0.2) is 4.98 Å². The molecule has 0 aliphatic carbocycles. The number of thioether (sulfide) groups is 1. The lowest BCUT2D eigenvalue weighted by atomic mass is 10.0. The van der Waals surface area contributed by atoms with Crippen LogP contribution in [0.5, 0.6) is 0 Å². The molecule has 2 heterocycles. The Labute approximate surface area is 139 Å². The van der Waals surface area contributed by atoms with Gasteiger partial charge < -0.3 is 10.7 Å². The Morgan fingerprint density at radius 1 is 1.22 bits per heavy atom. The molecule has 5 nitrogen and oxygen atoms in total. The second-order valence-electron chi connectivity index (χ2n) is 5.04. The Morgan fingerprint density at radius 3 is 2.61 bits per heavy atom. The average Bonchev–Trinajstić information content (AvgIpc) is 3.07. The van der Waals surface area contributed by atoms with Gasteiger partial charge in [-0.2, -0.15) is 5.10 Å². The summed E-state index contributed by atoms with van der Waals surface area (Å²) in [7, 11) is 0. The molecule has 0 saturated heterocycles. The second kappa shape index (κ2) is 6.66. The van der Waals surface area contributed by atoms with Gasteiger partial charge in [0.2, 0.25) is 0 Å². The minimum absolute atomic E-state index is 0.646. The van der Waals surface area contributed by atoms with E-state index in [0.717, 1.165) is 28.2 Å². The number of H-pyrrole nitrogens is 1. The van der Waals surface area contributed by atoms with Gasteiger partial charge in [0.1, 0.15) is 11.6 Å². The van der Waals surface area contributed by atoms with Gasteiger partial charge in [0.15, 0.2) is 0 Å². The SMILES string of the molecule is CSc1ccc(-c2cc(C)nc(Nc3ccn[nH]3)c2C=N)cc1. The number of aryl methyl sites for hydroxylation is 1. The highest BCUT2D eigenvalue weighted by Crippen LogP contribution is 2.30. The van der Waals surface area contributed by atoms with Crippen LogP contribution in [0.1, 0.15) is 11.3 Å². The summed E-state index contributed by atoms with van der Waals surface area (Å²) < 4.78 is 0. The average molecular weight is 323 g/mol. The summed E-state index contributed by atoms with van der Waals surface area (Å²) in [6.45, 7) is 1.95. The second-order valence-corrected chi connectivity index (χ2v) is 5.92. The third-order valence-corrected chi connectivity index (χ3v) is 4.23. The predicted octanol–water partition coefficient (Wildman–Crippen LogP) is 4.24. The lowest BCUT2D eigenvalue weighted by Gasteiger charge is -2.13. The number of pyridine rings is 1. The fraction of sp³-hybridized carbons (Fsp3) is 0.118. The molecule has 0 bridgehead atoms. The van der Waals surface area contributed by atoms with Crippen molar-refractivity contribution in [1.29, 1.82) is 5.41 Å². The van der Waals surface area contributed by atoms with Crippen molar-refractivity contribution >= 4 is 29.6 Å². The minimum atomic E-state index is 0.646. The zero-order valence-corrected chi connectivity index (χ0v) is 13.7. The molecule has 23 heavy (non-hydrogen) atoms. The molecule has 3 aromatic rings. The Hall–Kier alpha value is -2.60. The summed E-state index contributed by atoms with van der Waals surface area (Å²) in [6, 6.07) is 12.2. The Morgan fingerprint density at radius 2 is 2.00 bits per heavy atom. The van der Waals surface area contributed by atoms with E-state index in [1.54, 1.807) is 18.0 Å². The number of rotatable bonds is 5. The number of aromatic nitrogens is 3. The smallest absolute Gasteiger partial charge is 0.141 e. The van der Waals surface area contributed by atoms with Crippen LogP contribution in [0.25, 0.3) is 11.1 Å². The van der Waals surface area contributed by atoms with E-state index in [9.17, 15) is 0 Å². The molecule has 0 spiro atoms. The first-order valence-electron chi connectivity index (χ1n) is 7.14. The highest BCUT2D eigenvalue weighted by atomic mass is 32.2. The van der Waals surface area contributed by atoms with E-state index >= 15 is 0 Å². The van der Waals surface area contributed by atoms with Crippen molar-refractivity contribution in [2.75, 3.05) is 11.6 Å². The highest BCUT2D eigenvalue weighted by molar-refractivity contribution is 7.98. The molecule has 0 fully saturated rings. The van der Waals surface area contributed by atoms with Crippen LogP contribution in [0.2, 0.25) is 0 Å². The summed E-state index contributed by atoms with van der Waals surface area (Å²) in [6.07, 6.45) is 5.06. The topological polar surface area (TPSA) is 77.5 Å². The molecule has 0 saturated carbocycles. The van der Waals surface area contributed by atoms with Crippen molar-refractivity contribution in [2.24, 2.45) is 0 Å². The fourth-order valence-corrected chi connectivity index (χ4v) is 2.80. The highest BCUT2D eigenvalue weighted by Gasteiger charge is 2.12. The maximum Gasteiger partial charge on any atom is 0.141 e. The molecule has 2 aromatic heterocycles. The van der Waals surface area contributed by atoms with Crippen LogP contribution in [-0.4, -0.2) is 27.7 Å². The number of benzene rings is 1. The zero-order valence-electron chi connectivity index (χ0n) is 12.9. The Balaban J connectivity index is 2.08. The van der Waals surface area contributed by atoms with Gasteiger partial charge in [0, 0.05) is 28.4 Å². The molecule has 0 atom stereocenters. The van der Waals surface area contributed by atoms with Crippen LogP contribution in [0.4, 0.5) is 11.6 Å². The van der Waals surface area contributed by atoms with Crippen molar-refractivity contribution in [1.82, 2.24) is 15.2 Å². The molecule has 116 valence electrons. The minimum Gasteiger partial charge on any atom is -0.325 e. The predicted molar refractivity (Wildman–Crippen MR) is 95.9 cm³/mol. The van der Waals surface area contributed by atoms with E-state index in [1.807, 2.05) is 19.1 Å². The van der Waals surface area contributed by atoms with E-state index < -0.39 is 0 Å². The molecule has 6 heteroatoms. The lowest BCUT2D eigenvalue weighted by Crippen LogP contribution is -2.03. The van der Waals surface area contributed by atoms with Crippen molar-refractivity contribution in [3.63, 3.8) is 0 Å². The van der Waals surface area contributed by atoms with E-state index in [2.05, 4.69) is 51.0 Å². The van der Waals surface area contributed by atoms with E-state index in [1.165, 1.54) is 11.1 Å². The van der Waals surface area contributed by atoms with Crippen molar-refractivity contribution in [3.8, 4) is 11.1 Å². The summed E-state index contributed by atoms with van der Waals surface area (Å²) in [5.41, 5.74) is 3.70. The standard InChI is InChI=1S/C17H17N5S/c1-11-9-14(12-3-5-13(23-2)6-4-12)15(10-18)17(20-11)21-16-7-8-19-22-16/h3-10,18H,1-2H3,(H2,19,20,21,22). The summed E-state index contributed by atoms with van der Waals surface area (Å²) >= 11 is 1.71. The molecule has 3 N–H and O–H groups in total. The van der Waals surface area contributed by atoms with Crippen LogP contribution in [-0.2, 0) is 0 Å². The first-order valence-corrected chi connectivity index (χ1v) is 8.36. The maximum absolute atomic E-state index is 7.82. The van der Waals surface area contributed by atoms with Crippen molar-refractivity contribution in [3.05, 3.63) is 53.9 Å². The third-order valence-electron chi connectivity index (χ3n) is 3.49.